The Morgan fingerprint density at radius 3 is 2.60 bits per heavy atom. The largest absolute Gasteiger partial charge is 0.344 e. The lowest BCUT2D eigenvalue weighted by Gasteiger charge is -2.19. The summed E-state index contributed by atoms with van der Waals surface area (Å²) < 4.78 is 1.75. The second-order valence-corrected chi connectivity index (χ2v) is 7.47. The highest BCUT2D eigenvalue weighted by Gasteiger charge is 2.27. The number of benzene rings is 1. The summed E-state index contributed by atoms with van der Waals surface area (Å²) in [5.41, 5.74) is 2.51. The topological polar surface area (TPSA) is 76.0 Å². The highest BCUT2D eigenvalue weighted by molar-refractivity contribution is 5.98. The molecule has 0 unspecified atom stereocenters. The number of nitrogens with zero attached hydrogens (tertiary/aromatic N) is 2. The highest BCUT2D eigenvalue weighted by Crippen LogP contribution is 2.22. The highest BCUT2D eigenvalue weighted by atomic mass is 16.2. The van der Waals surface area contributed by atoms with Gasteiger partial charge in [0.25, 0.3) is 0 Å². The molecule has 6 heteroatoms. The van der Waals surface area contributed by atoms with Crippen molar-refractivity contribution in [2.24, 2.45) is 0 Å². The molecule has 3 rings (SSSR count). The quantitative estimate of drug-likeness (QED) is 0.897. The zero-order valence-electron chi connectivity index (χ0n) is 14.9. The normalized spacial score (nSPS) is 17.4. The first kappa shape index (κ1) is 17.2. The molecule has 2 N–H and O–H groups in total. The molecule has 1 fully saturated rings. The van der Waals surface area contributed by atoms with Crippen molar-refractivity contribution < 1.29 is 9.59 Å². The van der Waals surface area contributed by atoms with Gasteiger partial charge in [0.2, 0.25) is 11.8 Å². The minimum atomic E-state index is -0.457. The average molecular weight is 340 g/mol. The maximum Gasteiger partial charge on any atom is 0.248 e. The van der Waals surface area contributed by atoms with E-state index in [-0.39, 0.29) is 17.2 Å². The summed E-state index contributed by atoms with van der Waals surface area (Å²) in [6.07, 6.45) is 2.59. The van der Waals surface area contributed by atoms with Gasteiger partial charge in [0.05, 0.1) is 12.7 Å². The van der Waals surface area contributed by atoms with Crippen LogP contribution in [0.4, 0.5) is 5.82 Å². The van der Waals surface area contributed by atoms with Crippen LogP contribution in [0.5, 0.6) is 0 Å². The van der Waals surface area contributed by atoms with Gasteiger partial charge < -0.3 is 10.6 Å². The fourth-order valence-corrected chi connectivity index (χ4v) is 2.87. The number of hydrogen-bond acceptors (Lipinski definition) is 3. The van der Waals surface area contributed by atoms with E-state index in [9.17, 15) is 9.59 Å². The molecule has 1 saturated heterocycles. The number of aromatic nitrogens is 2. The van der Waals surface area contributed by atoms with Gasteiger partial charge in [0, 0.05) is 12.5 Å². The molecule has 0 spiro atoms. The smallest absolute Gasteiger partial charge is 0.248 e. The van der Waals surface area contributed by atoms with Crippen molar-refractivity contribution in [3.63, 3.8) is 0 Å². The zero-order chi connectivity index (χ0) is 18.0. The van der Waals surface area contributed by atoms with E-state index in [0.717, 1.165) is 5.56 Å². The Bertz CT molecular complexity index is 771. The van der Waals surface area contributed by atoms with Crippen molar-refractivity contribution in [2.75, 3.05) is 5.32 Å². The Morgan fingerprint density at radius 2 is 2.00 bits per heavy atom. The maximum atomic E-state index is 12.3. The number of hydrogen-bond donors (Lipinski definition) is 2. The Labute approximate surface area is 147 Å². The number of amides is 2. The van der Waals surface area contributed by atoms with E-state index in [1.54, 1.807) is 16.9 Å². The molecule has 0 bridgehead atoms. The molecule has 25 heavy (non-hydrogen) atoms. The summed E-state index contributed by atoms with van der Waals surface area (Å²) in [4.78, 5) is 23.5. The molecule has 132 valence electrons. The first-order valence-electron chi connectivity index (χ1n) is 8.54. The number of rotatable bonds is 4. The number of nitrogens with one attached hydrogen (secondary N) is 2. The van der Waals surface area contributed by atoms with Crippen LogP contribution < -0.4 is 10.6 Å². The van der Waals surface area contributed by atoms with Crippen molar-refractivity contribution in [3.05, 3.63) is 47.7 Å². The average Bonchev–Trinajstić information content (AvgIpc) is 3.16. The van der Waals surface area contributed by atoms with Crippen LogP contribution in [0.1, 0.15) is 44.7 Å². The standard InChI is InChI=1S/C19H24N4O2/c1-19(2,3)14-6-4-13(5-7-14)12-23-16(10-11-20-23)22-18(25)15-8-9-17(24)21-15/h4-7,10-11,15H,8-9,12H2,1-3H3,(H,21,24)(H,22,25)/t15-/m0/s1. The second-order valence-electron chi connectivity index (χ2n) is 7.47. The molecule has 1 aliphatic heterocycles. The van der Waals surface area contributed by atoms with Crippen LogP contribution >= 0.6 is 0 Å². The summed E-state index contributed by atoms with van der Waals surface area (Å²) in [6, 6.07) is 9.74. The molecule has 0 radical (unpaired) electrons. The van der Waals surface area contributed by atoms with Crippen molar-refractivity contribution >= 4 is 17.6 Å². The number of anilines is 1. The fraction of sp³-hybridized carbons (Fsp3) is 0.421. The Balaban J connectivity index is 1.67. The molecule has 1 aromatic heterocycles. The molecule has 1 aliphatic rings. The Hall–Kier alpha value is -2.63. The molecule has 2 aromatic rings. The molecule has 1 atom stereocenters. The van der Waals surface area contributed by atoms with Crippen LogP contribution in [0.3, 0.4) is 0 Å². The lowest BCUT2D eigenvalue weighted by molar-refractivity contribution is -0.122. The molecule has 0 aliphatic carbocycles. The molecule has 2 heterocycles. The summed E-state index contributed by atoms with van der Waals surface area (Å²) in [7, 11) is 0. The van der Waals surface area contributed by atoms with Gasteiger partial charge in [-0.3, -0.25) is 9.59 Å². The minimum Gasteiger partial charge on any atom is -0.344 e. The van der Waals surface area contributed by atoms with Gasteiger partial charge in [-0.1, -0.05) is 45.0 Å². The van der Waals surface area contributed by atoms with Crippen LogP contribution in [-0.4, -0.2) is 27.6 Å². The third-order valence-electron chi connectivity index (χ3n) is 4.43. The van der Waals surface area contributed by atoms with Crippen molar-refractivity contribution in [1.82, 2.24) is 15.1 Å². The van der Waals surface area contributed by atoms with Gasteiger partial charge in [-0.05, 0) is 23.0 Å². The fourth-order valence-electron chi connectivity index (χ4n) is 2.87. The minimum absolute atomic E-state index is 0.0763. The van der Waals surface area contributed by atoms with Crippen LogP contribution in [-0.2, 0) is 21.5 Å². The predicted octanol–water partition coefficient (Wildman–Crippen LogP) is 2.45. The van der Waals surface area contributed by atoms with E-state index in [1.807, 2.05) is 0 Å². The van der Waals surface area contributed by atoms with Gasteiger partial charge in [-0.25, -0.2) is 4.68 Å². The van der Waals surface area contributed by atoms with Gasteiger partial charge in [0.15, 0.2) is 0 Å². The number of carbonyl (C=O) groups excluding carboxylic acids is 2. The molecular weight excluding hydrogens is 316 g/mol. The van der Waals surface area contributed by atoms with Gasteiger partial charge >= 0.3 is 0 Å². The molecule has 6 nitrogen and oxygen atoms in total. The van der Waals surface area contributed by atoms with E-state index in [2.05, 4.69) is 60.8 Å². The molecule has 0 saturated carbocycles. The van der Waals surface area contributed by atoms with E-state index in [1.165, 1.54) is 5.56 Å². The first-order chi connectivity index (χ1) is 11.8. The van der Waals surface area contributed by atoms with E-state index in [4.69, 9.17) is 0 Å². The van der Waals surface area contributed by atoms with Crippen LogP contribution in [0.2, 0.25) is 0 Å². The van der Waals surface area contributed by atoms with Gasteiger partial charge in [0.1, 0.15) is 11.9 Å². The van der Waals surface area contributed by atoms with Crippen LogP contribution in [0.25, 0.3) is 0 Å². The monoisotopic (exact) mass is 340 g/mol. The Morgan fingerprint density at radius 1 is 1.28 bits per heavy atom. The van der Waals surface area contributed by atoms with Crippen molar-refractivity contribution in [1.29, 1.82) is 0 Å². The second kappa shape index (κ2) is 6.70. The molecule has 1 aromatic carbocycles. The predicted molar refractivity (Wildman–Crippen MR) is 96.3 cm³/mol. The summed E-state index contributed by atoms with van der Waals surface area (Å²) in [6.45, 7) is 7.13. The van der Waals surface area contributed by atoms with E-state index in [0.29, 0.717) is 25.2 Å². The van der Waals surface area contributed by atoms with E-state index < -0.39 is 6.04 Å². The van der Waals surface area contributed by atoms with Crippen LogP contribution in [0, 0.1) is 0 Å². The summed E-state index contributed by atoms with van der Waals surface area (Å²) in [5.74, 6) is 0.356. The lowest BCUT2D eigenvalue weighted by Crippen LogP contribution is -2.37. The van der Waals surface area contributed by atoms with Crippen molar-refractivity contribution in [3.8, 4) is 0 Å². The van der Waals surface area contributed by atoms with Crippen molar-refractivity contribution in [2.45, 2.75) is 51.6 Å². The third kappa shape index (κ3) is 4.07. The van der Waals surface area contributed by atoms with Gasteiger partial charge in [-0.15, -0.1) is 0 Å². The third-order valence-corrected chi connectivity index (χ3v) is 4.43. The first-order valence-corrected chi connectivity index (χ1v) is 8.54. The zero-order valence-corrected chi connectivity index (χ0v) is 14.9. The lowest BCUT2D eigenvalue weighted by atomic mass is 9.87. The van der Waals surface area contributed by atoms with Crippen LogP contribution in [0.15, 0.2) is 36.5 Å². The molecular formula is C19H24N4O2. The molecule has 2 amide bonds. The SMILES string of the molecule is CC(C)(C)c1ccc(Cn2nccc2NC(=O)[C@@H]2CCC(=O)N2)cc1. The maximum absolute atomic E-state index is 12.3. The van der Waals surface area contributed by atoms with Gasteiger partial charge in [-0.2, -0.15) is 5.10 Å². The Kier molecular flexibility index (Phi) is 4.61. The summed E-state index contributed by atoms with van der Waals surface area (Å²) >= 11 is 0. The summed E-state index contributed by atoms with van der Waals surface area (Å²) in [5, 5.41) is 9.82. The number of carbonyl (C=O) groups is 2. The van der Waals surface area contributed by atoms with E-state index >= 15 is 0 Å².